The van der Waals surface area contributed by atoms with E-state index in [1.54, 1.807) is 42.3 Å². The average Bonchev–Trinajstić information content (AvgIpc) is 3.63. The largest absolute Gasteiger partial charge is 0.400 e. The van der Waals surface area contributed by atoms with Crippen molar-refractivity contribution < 1.29 is 34.5 Å². The number of carbonyl (C=O) groups is 1. The zero-order valence-corrected chi connectivity index (χ0v) is 27.4. The summed E-state index contributed by atoms with van der Waals surface area (Å²) in [6.07, 6.45) is 0.0920. The van der Waals surface area contributed by atoms with Crippen LogP contribution in [0, 0.1) is 6.57 Å². The van der Waals surface area contributed by atoms with Gasteiger partial charge in [-0.05, 0) is 46.7 Å². The van der Waals surface area contributed by atoms with Gasteiger partial charge in [-0.25, -0.2) is 26.2 Å². The fourth-order valence-electron chi connectivity index (χ4n) is 4.80. The van der Waals surface area contributed by atoms with Crippen molar-refractivity contribution in [2.24, 2.45) is 0 Å². The minimum Gasteiger partial charge on any atom is -0.400 e. The van der Waals surface area contributed by atoms with Gasteiger partial charge in [-0.3, -0.25) is 9.36 Å². The lowest BCUT2D eigenvalue weighted by Gasteiger charge is -2.37. The molecule has 2 aromatic heterocycles. The second kappa shape index (κ2) is 18.1. The van der Waals surface area contributed by atoms with Crippen LogP contribution in [0.4, 0.5) is 5.82 Å². The highest BCUT2D eigenvalue weighted by molar-refractivity contribution is 7.44. The number of carbonyl (C=O) groups excluding carboxylic acids is 1. The van der Waals surface area contributed by atoms with E-state index >= 15 is 0 Å². The second-order valence-corrected chi connectivity index (χ2v) is 11.8. The highest BCUT2D eigenvalue weighted by Gasteiger charge is 2.48. The Morgan fingerprint density at radius 1 is 1.22 bits per heavy atom. The molecule has 4 rings (SSSR count). The molecule has 0 spiro atoms. The first-order chi connectivity index (χ1) is 22.7. The summed E-state index contributed by atoms with van der Waals surface area (Å²) in [5, 5.41) is 6.32. The maximum absolute atomic E-state index is 12.9. The second-order valence-electron chi connectivity index (χ2n) is 10.4. The van der Waals surface area contributed by atoms with E-state index in [0.29, 0.717) is 23.3 Å². The average molecular weight is 649 g/mol. The minimum absolute atomic E-state index is 0.0910. The molecule has 1 aliphatic heterocycles. The summed E-state index contributed by atoms with van der Waals surface area (Å²) in [5.74, 6) is -0.0734. The molecule has 3 unspecified atom stereocenters. The van der Waals surface area contributed by atoms with Crippen LogP contribution in [-0.2, 0) is 23.3 Å². The van der Waals surface area contributed by atoms with Gasteiger partial charge in [-0.15, -0.1) is 0 Å². The molecule has 1 amide bonds. The first-order valence-electron chi connectivity index (χ1n) is 15.6. The zero-order chi connectivity index (χ0) is 34.3. The van der Waals surface area contributed by atoms with Crippen LogP contribution in [0.2, 0.25) is 0 Å². The molecule has 0 aliphatic carbocycles. The molecule has 246 valence electrons. The molecule has 2 N–H and O–H groups in total. The number of nitrogens with zero attached hydrogens (tertiary/aromatic N) is 6. The molecule has 45 heavy (non-hydrogen) atoms. The molecule has 3 heterocycles. The van der Waals surface area contributed by atoms with Crippen LogP contribution in [-0.4, -0.2) is 108 Å². The van der Waals surface area contributed by atoms with E-state index in [1.165, 1.54) is 13.4 Å². The smallest absolute Gasteiger partial charge is 0.259 e. The molecule has 1 saturated heterocycles. The van der Waals surface area contributed by atoms with Crippen LogP contribution in [0.1, 0.15) is 52.6 Å². The molecule has 1 aromatic carbocycles. The number of hydrogen-bond donors (Lipinski definition) is 2. The third-order valence-electron chi connectivity index (χ3n) is 6.65. The quantitative estimate of drug-likeness (QED) is 0.138. The van der Waals surface area contributed by atoms with Crippen LogP contribution >= 0.6 is 8.53 Å². The molecule has 14 nitrogen and oxygen atoms in total. The van der Waals surface area contributed by atoms with Gasteiger partial charge >= 0.3 is 0 Å². The first kappa shape index (κ1) is 33.2. The van der Waals surface area contributed by atoms with Gasteiger partial charge in [0.2, 0.25) is 7.98 Å². The predicted molar refractivity (Wildman–Crippen MR) is 170 cm³/mol. The number of aliphatic hydroxyl groups is 1. The lowest BCUT2D eigenvalue weighted by molar-refractivity contribution is -0.0744. The number of amides is 1. The van der Waals surface area contributed by atoms with Gasteiger partial charge < -0.3 is 38.5 Å². The Bertz CT molecular complexity index is 1410. The van der Waals surface area contributed by atoms with Crippen molar-refractivity contribution in [1.82, 2.24) is 24.2 Å². The van der Waals surface area contributed by atoms with Gasteiger partial charge in [-0.1, -0.05) is 18.2 Å². The first-order valence-corrected chi connectivity index (χ1v) is 15.6. The molecular weight excluding hydrogens is 601 g/mol. The van der Waals surface area contributed by atoms with Crippen molar-refractivity contribution in [2.45, 2.75) is 71.2 Å². The number of ether oxygens (including phenoxy) is 3. The van der Waals surface area contributed by atoms with Gasteiger partial charge in [-0.2, -0.15) is 0 Å². The van der Waals surface area contributed by atoms with Gasteiger partial charge in [0.05, 0.1) is 25.6 Å². The number of anilines is 1. The molecular formula is C30H44N7O7P. The summed E-state index contributed by atoms with van der Waals surface area (Å²) in [7, 11) is 1.25. The molecule has 0 radical (unpaired) electrons. The van der Waals surface area contributed by atoms with E-state index in [1.807, 2.05) is 6.07 Å². The lowest BCUT2D eigenvalue weighted by Crippen LogP contribution is -2.40. The Morgan fingerprint density at radius 2 is 1.96 bits per heavy atom. The number of aromatic nitrogens is 4. The van der Waals surface area contributed by atoms with Crippen molar-refractivity contribution in [3.8, 4) is 0 Å². The zero-order valence-electron chi connectivity index (χ0n) is 28.5. The number of rotatable bonds is 15. The standard InChI is InChI=1S/C29H40N7O6P.CH4O/c1-19(2)36(20(3)4)43(40-14-13-30-6)42-24-21(5)41-29(25(24)39-16-15-38-7)35-18-33-23-26(31-17-32-27(23)35)34-28(37)22-11-9-8-10-12-22;1-2/h8-12,17-21,24-25,29H,13-16H2,1-5,7H3,(H,31,32,34,37);2H,1H3/t21-,24?,25?,29-,43?;/m1./s1/i5D;2T. The number of aliphatic hydroxyl groups excluding tert-OH is 1. The molecule has 0 bridgehead atoms. The monoisotopic (exact) mass is 648 g/mol. The van der Waals surface area contributed by atoms with E-state index in [9.17, 15) is 4.79 Å². The molecule has 5 atom stereocenters. The fraction of sp³-hybridized carbons (Fsp3) is 0.567. The van der Waals surface area contributed by atoms with Gasteiger partial charge in [0, 0.05) is 33.2 Å². The maximum Gasteiger partial charge on any atom is 0.259 e. The van der Waals surface area contributed by atoms with Crippen molar-refractivity contribution >= 4 is 31.4 Å². The normalized spacial score (nSPS) is 20.9. The van der Waals surface area contributed by atoms with Crippen molar-refractivity contribution in [1.29, 1.82) is 1.43 Å². The van der Waals surface area contributed by atoms with Crippen molar-refractivity contribution in [2.75, 3.05) is 45.9 Å². The summed E-state index contributed by atoms with van der Waals surface area (Å²) >= 11 is 0. The topological polar surface area (TPSA) is 147 Å². The Morgan fingerprint density at radius 3 is 2.60 bits per heavy atom. The lowest BCUT2D eigenvalue weighted by atomic mass is 10.1. The molecule has 1 aliphatic rings. The van der Waals surface area contributed by atoms with Crippen molar-refractivity contribution in [3.05, 3.63) is 60.0 Å². The fourth-order valence-corrected chi connectivity index (χ4v) is 6.56. The molecule has 1 fully saturated rings. The van der Waals surface area contributed by atoms with E-state index in [4.69, 9.17) is 32.6 Å². The number of fused-ring (bicyclic) bond motifs is 1. The van der Waals surface area contributed by atoms with Crippen LogP contribution in [0.5, 0.6) is 0 Å². The van der Waals surface area contributed by atoms with Gasteiger partial charge in [0.15, 0.2) is 23.2 Å². The predicted octanol–water partition coefficient (Wildman–Crippen LogP) is 4.30. The minimum atomic E-state index is -1.63. The van der Waals surface area contributed by atoms with Gasteiger partial charge in [0.1, 0.15) is 25.1 Å². The summed E-state index contributed by atoms with van der Waals surface area (Å²) in [4.78, 5) is 29.5. The summed E-state index contributed by atoms with van der Waals surface area (Å²) in [6.45, 7) is 16.3. The van der Waals surface area contributed by atoms with E-state index < -0.39 is 33.1 Å². The van der Waals surface area contributed by atoms with Crippen LogP contribution < -0.4 is 5.32 Å². The molecule has 0 saturated carbocycles. The molecule has 3 aromatic rings. The Kier molecular flexibility index (Phi) is 13.4. The Balaban J connectivity index is 0.00000192. The van der Waals surface area contributed by atoms with E-state index in [0.717, 1.165) is 0 Å². The Labute approximate surface area is 268 Å². The van der Waals surface area contributed by atoms with Gasteiger partial charge in [0.25, 0.3) is 14.4 Å². The Hall–Kier alpha value is -3.12. The highest BCUT2D eigenvalue weighted by Crippen LogP contribution is 2.50. The summed E-state index contributed by atoms with van der Waals surface area (Å²) in [6, 6.07) is 9.00. The van der Waals surface area contributed by atoms with E-state index in [-0.39, 0.29) is 50.5 Å². The number of benzene rings is 1. The summed E-state index contributed by atoms with van der Waals surface area (Å²) in [5.41, 5.74) is 1.27. The SMILES string of the molecule is [2H]C[C@H]1O[C@@H](n2cnc3c(NC(=O)c4ccccc4)ncnc32)C(OCCOC)C1OP(OCC[N+]#[C-])N(C(C)C)C(C)C.[3H]OC. The maximum atomic E-state index is 12.9. The number of methoxy groups -OCH3 is 1. The highest BCUT2D eigenvalue weighted by atomic mass is 31.2. The molecule has 15 heteroatoms. The van der Waals surface area contributed by atoms with Crippen LogP contribution in [0.15, 0.2) is 43.0 Å². The number of imidazole rings is 1. The van der Waals surface area contributed by atoms with E-state index in [2.05, 4.69) is 62.6 Å². The van der Waals surface area contributed by atoms with Crippen molar-refractivity contribution in [3.63, 3.8) is 0 Å². The number of hydrogen-bond acceptors (Lipinski definition) is 11. The summed E-state index contributed by atoms with van der Waals surface area (Å²) < 4.78 is 48.7. The van der Waals surface area contributed by atoms with Crippen LogP contribution in [0.25, 0.3) is 16.0 Å². The number of nitrogens with one attached hydrogen (secondary N) is 1. The third kappa shape index (κ3) is 9.22. The van der Waals surface area contributed by atoms with Crippen LogP contribution in [0.3, 0.4) is 0 Å². The third-order valence-corrected chi connectivity index (χ3v) is 8.78.